The van der Waals surface area contributed by atoms with E-state index in [1.54, 1.807) is 24.3 Å². The molecule has 0 saturated heterocycles. The predicted octanol–water partition coefficient (Wildman–Crippen LogP) is 6.49. The monoisotopic (exact) mass is 453 g/mol. The molecule has 0 aliphatic heterocycles. The van der Waals surface area contributed by atoms with E-state index in [0.29, 0.717) is 44.2 Å². The second kappa shape index (κ2) is 9.15. The quantitative estimate of drug-likeness (QED) is 0.362. The summed E-state index contributed by atoms with van der Waals surface area (Å²) in [5.74, 6) is 0.0967. The molecule has 0 spiro atoms. The number of fused-ring (bicyclic) bond motifs is 1. The highest BCUT2D eigenvalue weighted by Gasteiger charge is 2.18. The third-order valence-corrected chi connectivity index (χ3v) is 5.87. The molecule has 0 aliphatic carbocycles. The lowest BCUT2D eigenvalue weighted by Gasteiger charge is -2.21. The molecule has 0 fully saturated rings. The van der Waals surface area contributed by atoms with Gasteiger partial charge in [-0.25, -0.2) is 0 Å². The normalized spacial score (nSPS) is 11.4. The van der Waals surface area contributed by atoms with Crippen LogP contribution in [0.4, 0.5) is 0 Å². The Bertz CT molecular complexity index is 1290. The standard InChI is InChI=1S/C25H21Cl2NO3/c1-2-28(13-16-6-4-3-5-7-16)14-20-23(29)11-10-19-24(30)21(15-31-25(19)20)18-9-8-17(26)12-22(18)27/h3-12,15,29H,2,13-14H2,1H3. The molecule has 0 atom stereocenters. The Morgan fingerprint density at radius 1 is 0.968 bits per heavy atom. The maximum Gasteiger partial charge on any atom is 0.200 e. The van der Waals surface area contributed by atoms with Crippen molar-refractivity contribution in [3.8, 4) is 16.9 Å². The lowest BCUT2D eigenvalue weighted by Crippen LogP contribution is -2.22. The number of hydrogen-bond donors (Lipinski definition) is 1. The maximum absolute atomic E-state index is 13.2. The SMILES string of the molecule is CCN(Cc1ccccc1)Cc1c(O)ccc2c(=O)c(-c3ccc(Cl)cc3Cl)coc12. The number of phenolic OH excluding ortho intramolecular Hbond substituents is 1. The molecule has 0 saturated carbocycles. The minimum absolute atomic E-state index is 0.0967. The zero-order valence-corrected chi connectivity index (χ0v) is 18.5. The Balaban J connectivity index is 1.75. The van der Waals surface area contributed by atoms with Crippen molar-refractivity contribution in [3.05, 3.63) is 98.3 Å². The van der Waals surface area contributed by atoms with Gasteiger partial charge in [-0.2, -0.15) is 0 Å². The van der Waals surface area contributed by atoms with Gasteiger partial charge in [0.1, 0.15) is 17.6 Å². The van der Waals surface area contributed by atoms with E-state index in [9.17, 15) is 9.90 Å². The summed E-state index contributed by atoms with van der Waals surface area (Å²) in [6.45, 7) is 3.99. The fourth-order valence-electron chi connectivity index (χ4n) is 3.64. The van der Waals surface area contributed by atoms with Crippen LogP contribution in [0.3, 0.4) is 0 Å². The molecule has 0 amide bonds. The van der Waals surface area contributed by atoms with Crippen molar-refractivity contribution in [1.29, 1.82) is 0 Å². The Morgan fingerprint density at radius 2 is 1.74 bits per heavy atom. The zero-order valence-electron chi connectivity index (χ0n) is 16.9. The molecule has 1 N–H and O–H groups in total. The average Bonchev–Trinajstić information content (AvgIpc) is 2.76. The predicted molar refractivity (Wildman–Crippen MR) is 126 cm³/mol. The minimum Gasteiger partial charge on any atom is -0.507 e. The first kappa shape index (κ1) is 21.4. The average molecular weight is 454 g/mol. The molecular weight excluding hydrogens is 433 g/mol. The summed E-state index contributed by atoms with van der Waals surface area (Å²) in [5.41, 5.74) is 2.83. The molecule has 158 valence electrons. The van der Waals surface area contributed by atoms with Crippen LogP contribution in [0.2, 0.25) is 10.0 Å². The van der Waals surface area contributed by atoms with E-state index in [4.69, 9.17) is 27.6 Å². The van der Waals surface area contributed by atoms with E-state index in [2.05, 4.69) is 24.0 Å². The Hall–Kier alpha value is -2.79. The van der Waals surface area contributed by atoms with Crippen LogP contribution in [0.1, 0.15) is 18.1 Å². The molecule has 4 aromatic rings. The van der Waals surface area contributed by atoms with Crippen molar-refractivity contribution in [1.82, 2.24) is 4.90 Å². The molecule has 0 radical (unpaired) electrons. The number of rotatable bonds is 6. The molecule has 1 aromatic heterocycles. The molecule has 0 aliphatic rings. The first-order valence-corrected chi connectivity index (χ1v) is 10.7. The summed E-state index contributed by atoms with van der Waals surface area (Å²) in [6, 6.07) is 18.2. The number of hydrogen-bond acceptors (Lipinski definition) is 4. The number of halogens is 2. The van der Waals surface area contributed by atoms with Gasteiger partial charge in [0.2, 0.25) is 5.43 Å². The van der Waals surface area contributed by atoms with Crippen LogP contribution in [-0.4, -0.2) is 16.6 Å². The summed E-state index contributed by atoms with van der Waals surface area (Å²) in [6.07, 6.45) is 1.40. The van der Waals surface area contributed by atoms with E-state index < -0.39 is 0 Å². The van der Waals surface area contributed by atoms with Gasteiger partial charge in [-0.1, -0.05) is 66.5 Å². The molecule has 0 unspecified atom stereocenters. The van der Waals surface area contributed by atoms with Crippen molar-refractivity contribution in [2.75, 3.05) is 6.54 Å². The first-order valence-electron chi connectivity index (χ1n) is 9.96. The second-order valence-electron chi connectivity index (χ2n) is 7.33. The van der Waals surface area contributed by atoms with E-state index in [1.165, 1.54) is 17.9 Å². The Kier molecular flexibility index (Phi) is 6.33. The number of benzene rings is 3. The van der Waals surface area contributed by atoms with Gasteiger partial charge in [0, 0.05) is 23.7 Å². The van der Waals surface area contributed by atoms with Gasteiger partial charge in [0.15, 0.2) is 0 Å². The van der Waals surface area contributed by atoms with Gasteiger partial charge >= 0.3 is 0 Å². The Morgan fingerprint density at radius 3 is 2.45 bits per heavy atom. The number of aromatic hydroxyl groups is 1. The molecule has 4 nitrogen and oxygen atoms in total. The van der Waals surface area contributed by atoms with Crippen molar-refractivity contribution in [2.45, 2.75) is 20.0 Å². The third-order valence-electron chi connectivity index (χ3n) is 5.32. The largest absolute Gasteiger partial charge is 0.507 e. The van der Waals surface area contributed by atoms with Crippen LogP contribution in [0.5, 0.6) is 5.75 Å². The molecule has 6 heteroatoms. The second-order valence-corrected chi connectivity index (χ2v) is 8.18. The van der Waals surface area contributed by atoms with Crippen LogP contribution in [0, 0.1) is 0 Å². The zero-order chi connectivity index (χ0) is 22.0. The number of nitrogens with zero attached hydrogens (tertiary/aromatic N) is 1. The fourth-order valence-corrected chi connectivity index (χ4v) is 4.15. The van der Waals surface area contributed by atoms with Crippen molar-refractivity contribution < 1.29 is 9.52 Å². The topological polar surface area (TPSA) is 53.7 Å². The highest BCUT2D eigenvalue weighted by atomic mass is 35.5. The van der Waals surface area contributed by atoms with Crippen molar-refractivity contribution >= 4 is 34.2 Å². The van der Waals surface area contributed by atoms with E-state index in [-0.39, 0.29) is 11.2 Å². The molecule has 3 aromatic carbocycles. The first-order chi connectivity index (χ1) is 15.0. The van der Waals surface area contributed by atoms with E-state index >= 15 is 0 Å². The maximum atomic E-state index is 13.2. The van der Waals surface area contributed by atoms with Gasteiger partial charge in [-0.3, -0.25) is 9.69 Å². The summed E-state index contributed by atoms with van der Waals surface area (Å²) in [5, 5.41) is 11.8. The van der Waals surface area contributed by atoms with Crippen LogP contribution in [-0.2, 0) is 13.1 Å². The summed E-state index contributed by atoms with van der Waals surface area (Å²) < 4.78 is 5.89. The third kappa shape index (κ3) is 4.47. The van der Waals surface area contributed by atoms with Crippen LogP contribution >= 0.6 is 23.2 Å². The molecule has 0 bridgehead atoms. The summed E-state index contributed by atoms with van der Waals surface area (Å²) in [4.78, 5) is 15.4. The smallest absolute Gasteiger partial charge is 0.200 e. The summed E-state index contributed by atoms with van der Waals surface area (Å²) >= 11 is 12.3. The van der Waals surface area contributed by atoms with Gasteiger partial charge in [-0.05, 0) is 36.4 Å². The molecule has 4 rings (SSSR count). The molecular formula is C25H21Cl2NO3. The minimum atomic E-state index is -0.210. The molecule has 31 heavy (non-hydrogen) atoms. The summed E-state index contributed by atoms with van der Waals surface area (Å²) in [7, 11) is 0. The van der Waals surface area contributed by atoms with Gasteiger partial charge in [0.25, 0.3) is 0 Å². The van der Waals surface area contributed by atoms with Crippen LogP contribution in [0.15, 0.2) is 76.1 Å². The Labute approximate surface area is 190 Å². The lowest BCUT2D eigenvalue weighted by atomic mass is 10.0. The van der Waals surface area contributed by atoms with Crippen LogP contribution < -0.4 is 5.43 Å². The van der Waals surface area contributed by atoms with Gasteiger partial charge in [-0.15, -0.1) is 0 Å². The highest BCUT2D eigenvalue weighted by molar-refractivity contribution is 6.36. The molecule has 1 heterocycles. The van der Waals surface area contributed by atoms with E-state index in [1.807, 2.05) is 18.2 Å². The van der Waals surface area contributed by atoms with Crippen molar-refractivity contribution in [2.24, 2.45) is 0 Å². The number of phenols is 1. The highest BCUT2D eigenvalue weighted by Crippen LogP contribution is 2.32. The van der Waals surface area contributed by atoms with Crippen LogP contribution in [0.25, 0.3) is 22.1 Å². The van der Waals surface area contributed by atoms with Crippen molar-refractivity contribution in [3.63, 3.8) is 0 Å². The van der Waals surface area contributed by atoms with Gasteiger partial charge in [0.05, 0.1) is 21.5 Å². The lowest BCUT2D eigenvalue weighted by molar-refractivity contribution is 0.267. The van der Waals surface area contributed by atoms with E-state index in [0.717, 1.165) is 13.1 Å². The van der Waals surface area contributed by atoms with Gasteiger partial charge < -0.3 is 9.52 Å². The fraction of sp³-hybridized carbons (Fsp3) is 0.160.